The van der Waals surface area contributed by atoms with Crippen LogP contribution in [0, 0.1) is 0 Å². The van der Waals surface area contributed by atoms with Crippen molar-refractivity contribution in [2.24, 2.45) is 0 Å². The molecular weight excluding hydrogens is 216 g/mol. The minimum atomic E-state index is -0.758. The van der Waals surface area contributed by atoms with Crippen LogP contribution < -0.4 is 0 Å². The van der Waals surface area contributed by atoms with Gasteiger partial charge in [-0.25, -0.2) is 4.98 Å². The standard InChI is InChI=1S/C13H22N2O2/c1-5-9-15-10-8-14-12(15)11(16)13(4,6-2)17-7-3/h8,10H,5-7,9H2,1-4H3. The van der Waals surface area contributed by atoms with Crippen molar-refractivity contribution < 1.29 is 9.53 Å². The molecule has 0 saturated heterocycles. The summed E-state index contributed by atoms with van der Waals surface area (Å²) in [5.74, 6) is 0.477. The van der Waals surface area contributed by atoms with Gasteiger partial charge in [0.1, 0.15) is 5.60 Å². The first-order chi connectivity index (χ1) is 8.09. The summed E-state index contributed by atoms with van der Waals surface area (Å²) in [4.78, 5) is 16.6. The van der Waals surface area contributed by atoms with Crippen LogP contribution in [0.4, 0.5) is 0 Å². The minimum Gasteiger partial charge on any atom is -0.367 e. The zero-order chi connectivity index (χ0) is 12.9. The monoisotopic (exact) mass is 238 g/mol. The zero-order valence-corrected chi connectivity index (χ0v) is 11.2. The number of hydrogen-bond acceptors (Lipinski definition) is 3. The first kappa shape index (κ1) is 13.9. The number of carbonyl (C=O) groups excluding carboxylic acids is 1. The summed E-state index contributed by atoms with van der Waals surface area (Å²) in [5.41, 5.74) is -0.758. The summed E-state index contributed by atoms with van der Waals surface area (Å²) in [6, 6.07) is 0. The molecule has 1 heterocycles. The summed E-state index contributed by atoms with van der Waals surface area (Å²) in [5, 5.41) is 0. The summed E-state index contributed by atoms with van der Waals surface area (Å²) < 4.78 is 7.49. The van der Waals surface area contributed by atoms with Gasteiger partial charge in [-0.15, -0.1) is 0 Å². The third-order valence-corrected chi connectivity index (χ3v) is 3.00. The van der Waals surface area contributed by atoms with Crippen LogP contribution in [0.15, 0.2) is 12.4 Å². The van der Waals surface area contributed by atoms with E-state index in [1.54, 1.807) is 6.20 Å². The van der Waals surface area contributed by atoms with Gasteiger partial charge in [-0.05, 0) is 26.7 Å². The average molecular weight is 238 g/mol. The number of hydrogen-bond donors (Lipinski definition) is 0. The van der Waals surface area contributed by atoms with Crippen molar-refractivity contribution in [2.75, 3.05) is 6.61 Å². The third kappa shape index (κ3) is 2.94. The second-order valence-electron chi connectivity index (χ2n) is 4.29. The number of aromatic nitrogens is 2. The van der Waals surface area contributed by atoms with E-state index in [0.717, 1.165) is 13.0 Å². The molecule has 1 rings (SSSR count). The normalized spacial score (nSPS) is 14.6. The Hall–Kier alpha value is -1.16. The van der Waals surface area contributed by atoms with Crippen molar-refractivity contribution in [2.45, 2.75) is 52.7 Å². The molecule has 4 heteroatoms. The topological polar surface area (TPSA) is 44.1 Å². The van der Waals surface area contributed by atoms with E-state index >= 15 is 0 Å². The highest BCUT2D eigenvalue weighted by Crippen LogP contribution is 2.21. The number of Topliss-reactive ketones (excluding diaryl/α,β-unsaturated/α-hetero) is 1. The lowest BCUT2D eigenvalue weighted by atomic mass is 9.96. The van der Waals surface area contributed by atoms with Gasteiger partial charge in [0.25, 0.3) is 0 Å². The Labute approximate surface area is 103 Å². The Morgan fingerprint density at radius 2 is 2.18 bits per heavy atom. The van der Waals surface area contributed by atoms with Gasteiger partial charge in [-0.2, -0.15) is 0 Å². The lowest BCUT2D eigenvalue weighted by Gasteiger charge is -2.26. The molecule has 0 N–H and O–H groups in total. The molecular formula is C13H22N2O2. The largest absolute Gasteiger partial charge is 0.367 e. The van der Waals surface area contributed by atoms with Crippen molar-refractivity contribution in [1.29, 1.82) is 0 Å². The molecule has 0 fully saturated rings. The van der Waals surface area contributed by atoms with Crippen molar-refractivity contribution in [3.8, 4) is 0 Å². The molecule has 1 atom stereocenters. The molecule has 0 bridgehead atoms. The van der Waals surface area contributed by atoms with Crippen LogP contribution in [0.1, 0.15) is 51.2 Å². The molecule has 0 saturated carbocycles. The quantitative estimate of drug-likeness (QED) is 0.686. The van der Waals surface area contributed by atoms with Crippen LogP contribution in [-0.2, 0) is 11.3 Å². The van der Waals surface area contributed by atoms with E-state index in [1.807, 2.05) is 31.5 Å². The van der Waals surface area contributed by atoms with Crippen LogP contribution in [-0.4, -0.2) is 27.5 Å². The first-order valence-electron chi connectivity index (χ1n) is 6.28. The Kier molecular flexibility index (Phi) is 4.87. The smallest absolute Gasteiger partial charge is 0.229 e. The number of rotatable bonds is 7. The SMILES string of the molecule is CCCn1ccnc1C(=O)C(C)(CC)OCC. The summed E-state index contributed by atoms with van der Waals surface area (Å²) in [6.45, 7) is 9.12. The lowest BCUT2D eigenvalue weighted by molar-refractivity contribution is -0.0126. The molecule has 0 radical (unpaired) electrons. The number of aryl methyl sites for hydroxylation is 1. The highest BCUT2D eigenvalue weighted by molar-refractivity contribution is 5.99. The van der Waals surface area contributed by atoms with Crippen molar-refractivity contribution in [3.05, 3.63) is 18.2 Å². The van der Waals surface area contributed by atoms with E-state index in [-0.39, 0.29) is 5.78 Å². The van der Waals surface area contributed by atoms with Crippen LogP contribution in [0.2, 0.25) is 0 Å². The number of nitrogens with zero attached hydrogens (tertiary/aromatic N) is 2. The molecule has 0 aliphatic heterocycles. The minimum absolute atomic E-state index is 0.0275. The van der Waals surface area contributed by atoms with Gasteiger partial charge in [-0.1, -0.05) is 13.8 Å². The van der Waals surface area contributed by atoms with Gasteiger partial charge in [0.2, 0.25) is 5.78 Å². The molecule has 1 unspecified atom stereocenters. The van der Waals surface area contributed by atoms with Gasteiger partial charge in [0.15, 0.2) is 5.82 Å². The second-order valence-corrected chi connectivity index (χ2v) is 4.29. The third-order valence-electron chi connectivity index (χ3n) is 3.00. The molecule has 0 aromatic carbocycles. The van der Waals surface area contributed by atoms with Crippen molar-refractivity contribution in [3.63, 3.8) is 0 Å². The second kappa shape index (κ2) is 5.96. The van der Waals surface area contributed by atoms with Crippen LogP contribution in [0.3, 0.4) is 0 Å². The molecule has 0 amide bonds. The van der Waals surface area contributed by atoms with Crippen LogP contribution in [0.25, 0.3) is 0 Å². The van der Waals surface area contributed by atoms with E-state index in [9.17, 15) is 4.79 Å². The molecule has 17 heavy (non-hydrogen) atoms. The van der Waals surface area contributed by atoms with Gasteiger partial charge in [0.05, 0.1) is 0 Å². The first-order valence-corrected chi connectivity index (χ1v) is 6.28. The number of ketones is 1. The maximum absolute atomic E-state index is 12.4. The summed E-state index contributed by atoms with van der Waals surface area (Å²) in [7, 11) is 0. The maximum atomic E-state index is 12.4. The molecule has 0 aliphatic rings. The fourth-order valence-electron chi connectivity index (χ4n) is 1.82. The molecule has 1 aromatic heterocycles. The Morgan fingerprint density at radius 1 is 1.47 bits per heavy atom. The van der Waals surface area contributed by atoms with E-state index in [0.29, 0.717) is 18.9 Å². The van der Waals surface area contributed by atoms with E-state index in [1.165, 1.54) is 0 Å². The fourth-order valence-corrected chi connectivity index (χ4v) is 1.82. The van der Waals surface area contributed by atoms with Gasteiger partial charge in [-0.3, -0.25) is 4.79 Å². The average Bonchev–Trinajstić information content (AvgIpc) is 2.77. The Balaban J connectivity index is 2.97. The Bertz CT molecular complexity index is 373. The summed E-state index contributed by atoms with van der Waals surface area (Å²) >= 11 is 0. The van der Waals surface area contributed by atoms with Gasteiger partial charge in [0, 0.05) is 25.5 Å². The van der Waals surface area contributed by atoms with Crippen LogP contribution >= 0.6 is 0 Å². The predicted octanol–water partition coefficient (Wildman–Crippen LogP) is 2.68. The zero-order valence-electron chi connectivity index (χ0n) is 11.2. The van der Waals surface area contributed by atoms with Gasteiger partial charge < -0.3 is 9.30 Å². The van der Waals surface area contributed by atoms with Crippen molar-refractivity contribution >= 4 is 5.78 Å². The van der Waals surface area contributed by atoms with Crippen molar-refractivity contribution in [1.82, 2.24) is 9.55 Å². The molecule has 4 nitrogen and oxygen atoms in total. The number of carbonyl (C=O) groups is 1. The number of ether oxygens (including phenoxy) is 1. The van der Waals surface area contributed by atoms with E-state index < -0.39 is 5.60 Å². The molecule has 0 aliphatic carbocycles. The number of imidazole rings is 1. The maximum Gasteiger partial charge on any atom is 0.229 e. The molecule has 96 valence electrons. The van der Waals surface area contributed by atoms with Gasteiger partial charge >= 0.3 is 0 Å². The summed E-state index contributed by atoms with van der Waals surface area (Å²) in [6.07, 6.45) is 5.15. The highest BCUT2D eigenvalue weighted by Gasteiger charge is 2.35. The lowest BCUT2D eigenvalue weighted by Crippen LogP contribution is -2.39. The highest BCUT2D eigenvalue weighted by atomic mass is 16.5. The Morgan fingerprint density at radius 3 is 2.71 bits per heavy atom. The predicted molar refractivity (Wildman–Crippen MR) is 67.2 cm³/mol. The fraction of sp³-hybridized carbons (Fsp3) is 0.692. The molecule has 1 aromatic rings. The van der Waals surface area contributed by atoms with Crippen LogP contribution in [0.5, 0.6) is 0 Å². The molecule has 0 spiro atoms. The van der Waals surface area contributed by atoms with E-state index in [2.05, 4.69) is 11.9 Å². The van der Waals surface area contributed by atoms with E-state index in [4.69, 9.17) is 4.74 Å².